The van der Waals surface area contributed by atoms with Gasteiger partial charge in [0, 0.05) is 5.56 Å². The number of thiazole rings is 1. The molecule has 0 amide bonds. The predicted molar refractivity (Wildman–Crippen MR) is 98.4 cm³/mol. The lowest BCUT2D eigenvalue weighted by atomic mass is 9.77. The van der Waals surface area contributed by atoms with Crippen molar-refractivity contribution in [2.75, 3.05) is 14.2 Å². The summed E-state index contributed by atoms with van der Waals surface area (Å²) in [5.74, 6) is 2.40. The summed E-state index contributed by atoms with van der Waals surface area (Å²) in [6, 6.07) is 5.72. The second kappa shape index (κ2) is 6.37. The zero-order valence-corrected chi connectivity index (χ0v) is 15.7. The van der Waals surface area contributed by atoms with E-state index in [1.54, 1.807) is 14.2 Å². The van der Waals surface area contributed by atoms with Gasteiger partial charge >= 0.3 is 0 Å². The van der Waals surface area contributed by atoms with Crippen LogP contribution in [0.25, 0.3) is 21.3 Å². The summed E-state index contributed by atoms with van der Waals surface area (Å²) >= 11 is 1.50. The molecule has 0 spiro atoms. The van der Waals surface area contributed by atoms with Gasteiger partial charge in [0.15, 0.2) is 17.3 Å². The third kappa shape index (κ3) is 2.75. The van der Waals surface area contributed by atoms with Crippen LogP contribution >= 0.6 is 11.3 Å². The molecule has 8 heteroatoms. The Morgan fingerprint density at radius 2 is 1.92 bits per heavy atom. The summed E-state index contributed by atoms with van der Waals surface area (Å²) in [6.45, 7) is 1.93. The molecule has 0 unspecified atom stereocenters. The number of aryl methyl sites for hydroxylation is 1. The number of methoxy groups -OCH3 is 2. The molecule has 0 saturated heterocycles. The van der Waals surface area contributed by atoms with Crippen molar-refractivity contribution >= 4 is 11.3 Å². The van der Waals surface area contributed by atoms with Crippen LogP contribution in [-0.4, -0.2) is 29.3 Å². The zero-order chi connectivity index (χ0) is 18.3. The zero-order valence-electron chi connectivity index (χ0n) is 14.9. The lowest BCUT2D eigenvalue weighted by molar-refractivity contribution is 0.229. The summed E-state index contributed by atoms with van der Waals surface area (Å²) in [6.07, 6.45) is 2.89. The van der Waals surface area contributed by atoms with Crippen molar-refractivity contribution in [1.29, 1.82) is 0 Å². The molecule has 1 saturated carbocycles. The number of rotatable bonds is 5. The fourth-order valence-corrected chi connectivity index (χ4v) is 3.97. The number of aromatic nitrogens is 3. The lowest BCUT2D eigenvalue weighted by Crippen LogP contribution is -2.44. The van der Waals surface area contributed by atoms with Crippen molar-refractivity contribution < 1.29 is 14.0 Å². The molecule has 136 valence electrons. The first-order chi connectivity index (χ1) is 12.5. The molecule has 26 heavy (non-hydrogen) atoms. The van der Waals surface area contributed by atoms with E-state index in [2.05, 4.69) is 15.1 Å². The first-order valence-electron chi connectivity index (χ1n) is 8.37. The Bertz CT molecular complexity index is 946. The average Bonchev–Trinajstić information content (AvgIpc) is 3.26. The van der Waals surface area contributed by atoms with Gasteiger partial charge < -0.3 is 19.7 Å². The number of nitrogens with two attached hydrogens (primary N) is 1. The molecule has 0 bridgehead atoms. The quantitative estimate of drug-likeness (QED) is 0.732. The molecular formula is C18H20N4O3S. The van der Waals surface area contributed by atoms with Gasteiger partial charge in [-0.05, 0) is 44.4 Å². The molecule has 0 aliphatic heterocycles. The minimum absolute atomic E-state index is 0.438. The Balaban J connectivity index is 1.68. The van der Waals surface area contributed by atoms with E-state index in [0.29, 0.717) is 23.2 Å². The van der Waals surface area contributed by atoms with Crippen LogP contribution in [0.5, 0.6) is 11.5 Å². The van der Waals surface area contributed by atoms with Gasteiger partial charge in [0.25, 0.3) is 5.89 Å². The van der Waals surface area contributed by atoms with Gasteiger partial charge in [0.1, 0.15) is 9.88 Å². The van der Waals surface area contributed by atoms with Crippen molar-refractivity contribution in [2.45, 2.75) is 31.7 Å². The minimum Gasteiger partial charge on any atom is -0.493 e. The molecule has 0 atom stereocenters. The molecule has 4 rings (SSSR count). The van der Waals surface area contributed by atoms with E-state index in [1.807, 2.05) is 25.1 Å². The van der Waals surface area contributed by atoms with Crippen LogP contribution < -0.4 is 15.2 Å². The smallest absolute Gasteiger partial charge is 0.270 e. The molecule has 2 aromatic heterocycles. The molecule has 0 radical (unpaired) electrons. The Morgan fingerprint density at radius 1 is 1.15 bits per heavy atom. The minimum atomic E-state index is -0.438. The molecule has 2 N–H and O–H groups in total. The van der Waals surface area contributed by atoms with Gasteiger partial charge in [0.2, 0.25) is 0 Å². The first-order valence-corrected chi connectivity index (χ1v) is 9.19. The van der Waals surface area contributed by atoms with E-state index in [1.165, 1.54) is 11.3 Å². The SMILES string of the molecule is COc1ccc(-c2nc(C)c(-c3nc(C4(N)CCC4)no3)s2)cc1OC. The van der Waals surface area contributed by atoms with E-state index in [4.69, 9.17) is 19.7 Å². The summed E-state index contributed by atoms with van der Waals surface area (Å²) in [5.41, 5.74) is 7.63. The van der Waals surface area contributed by atoms with Crippen molar-refractivity contribution in [1.82, 2.24) is 15.1 Å². The Hall–Kier alpha value is -2.45. The van der Waals surface area contributed by atoms with Crippen LogP contribution in [0.3, 0.4) is 0 Å². The van der Waals surface area contributed by atoms with E-state index in [9.17, 15) is 0 Å². The molecule has 2 heterocycles. The van der Waals surface area contributed by atoms with Crippen LogP contribution in [-0.2, 0) is 5.54 Å². The van der Waals surface area contributed by atoms with Gasteiger partial charge in [-0.25, -0.2) is 4.98 Å². The second-order valence-electron chi connectivity index (χ2n) is 6.44. The standard InChI is InChI=1S/C18H20N4O3S/c1-10-14(15-21-17(22-25-15)18(19)7-4-8-18)26-16(20-10)11-5-6-12(23-2)13(9-11)24-3/h5-6,9H,4,7-8,19H2,1-3H3. The van der Waals surface area contributed by atoms with Crippen molar-refractivity contribution in [2.24, 2.45) is 5.73 Å². The maximum atomic E-state index is 6.29. The highest BCUT2D eigenvalue weighted by Gasteiger charge is 2.39. The third-order valence-electron chi connectivity index (χ3n) is 4.74. The number of benzene rings is 1. The first kappa shape index (κ1) is 17.0. The van der Waals surface area contributed by atoms with Crippen LogP contribution in [0.2, 0.25) is 0 Å². The maximum absolute atomic E-state index is 6.29. The Labute approximate surface area is 155 Å². The van der Waals surface area contributed by atoms with Gasteiger partial charge in [-0.3, -0.25) is 0 Å². The molecule has 1 fully saturated rings. The van der Waals surface area contributed by atoms with E-state index in [0.717, 1.165) is 40.4 Å². The van der Waals surface area contributed by atoms with E-state index < -0.39 is 5.54 Å². The largest absolute Gasteiger partial charge is 0.493 e. The number of hydrogen-bond donors (Lipinski definition) is 1. The third-order valence-corrected chi connectivity index (χ3v) is 5.93. The van der Waals surface area contributed by atoms with Crippen LogP contribution in [0.1, 0.15) is 30.8 Å². The molecule has 7 nitrogen and oxygen atoms in total. The van der Waals surface area contributed by atoms with E-state index in [-0.39, 0.29) is 0 Å². The number of ether oxygens (including phenoxy) is 2. The van der Waals surface area contributed by atoms with Crippen molar-refractivity contribution in [3.63, 3.8) is 0 Å². The van der Waals surface area contributed by atoms with Gasteiger partial charge in [0.05, 0.1) is 25.5 Å². The fourth-order valence-electron chi connectivity index (χ4n) is 2.99. The van der Waals surface area contributed by atoms with Crippen molar-refractivity contribution in [3.05, 3.63) is 29.7 Å². The summed E-state index contributed by atoms with van der Waals surface area (Å²) < 4.78 is 16.1. The Kier molecular flexibility index (Phi) is 4.16. The molecule has 1 aliphatic rings. The Morgan fingerprint density at radius 3 is 2.58 bits per heavy atom. The fraction of sp³-hybridized carbons (Fsp3) is 0.389. The van der Waals surface area contributed by atoms with Gasteiger partial charge in [-0.2, -0.15) is 4.98 Å². The normalized spacial score (nSPS) is 15.5. The van der Waals surface area contributed by atoms with Crippen LogP contribution in [0, 0.1) is 6.92 Å². The van der Waals surface area contributed by atoms with Crippen LogP contribution in [0.4, 0.5) is 0 Å². The maximum Gasteiger partial charge on any atom is 0.270 e. The van der Waals surface area contributed by atoms with Crippen LogP contribution in [0.15, 0.2) is 22.7 Å². The highest BCUT2D eigenvalue weighted by molar-refractivity contribution is 7.18. The molecular weight excluding hydrogens is 352 g/mol. The summed E-state index contributed by atoms with van der Waals surface area (Å²) in [5, 5.41) is 4.94. The molecule has 3 aromatic rings. The summed E-state index contributed by atoms with van der Waals surface area (Å²) in [4.78, 5) is 10.0. The monoisotopic (exact) mass is 372 g/mol. The topological polar surface area (TPSA) is 96.3 Å². The predicted octanol–water partition coefficient (Wildman–Crippen LogP) is 3.52. The lowest BCUT2D eigenvalue weighted by Gasteiger charge is -2.34. The van der Waals surface area contributed by atoms with Gasteiger partial charge in [-0.1, -0.05) is 5.16 Å². The van der Waals surface area contributed by atoms with E-state index >= 15 is 0 Å². The number of nitrogens with zero attached hydrogens (tertiary/aromatic N) is 3. The van der Waals surface area contributed by atoms with Crippen molar-refractivity contribution in [3.8, 4) is 32.8 Å². The second-order valence-corrected chi connectivity index (χ2v) is 7.44. The highest BCUT2D eigenvalue weighted by Crippen LogP contribution is 2.40. The summed E-state index contributed by atoms with van der Waals surface area (Å²) in [7, 11) is 3.23. The molecule has 1 aliphatic carbocycles. The molecule has 1 aromatic carbocycles. The van der Waals surface area contributed by atoms with Gasteiger partial charge in [-0.15, -0.1) is 11.3 Å². The highest BCUT2D eigenvalue weighted by atomic mass is 32.1. The average molecular weight is 372 g/mol. The number of hydrogen-bond acceptors (Lipinski definition) is 8.